The number of nitrogens with zero attached hydrogens (tertiary/aromatic N) is 2. The number of imidazole rings is 1. The summed E-state index contributed by atoms with van der Waals surface area (Å²) in [5.41, 5.74) is -2.00. The number of rotatable bonds is 2. The molecule has 4 nitrogen and oxygen atoms in total. The van der Waals surface area contributed by atoms with Gasteiger partial charge in [0, 0.05) is 13.2 Å². The lowest BCUT2D eigenvalue weighted by Crippen LogP contribution is -2.05. The molecule has 0 saturated heterocycles. The van der Waals surface area contributed by atoms with Crippen LogP contribution in [-0.2, 0) is 13.2 Å². The maximum Gasteiger partial charge on any atom is 0.434 e. The van der Waals surface area contributed by atoms with E-state index < -0.39 is 29.2 Å². The van der Waals surface area contributed by atoms with Crippen LogP contribution in [0.4, 0.5) is 17.6 Å². The van der Waals surface area contributed by atoms with Gasteiger partial charge in [-0.15, -0.1) is 0 Å². The number of aryl methyl sites for hydroxylation is 1. The molecule has 2 aromatic rings. The van der Waals surface area contributed by atoms with Gasteiger partial charge in [0.1, 0.15) is 11.6 Å². The molecule has 0 atom stereocenters. The third kappa shape index (κ3) is 2.85. The van der Waals surface area contributed by atoms with Gasteiger partial charge in [-0.1, -0.05) is 11.6 Å². The Morgan fingerprint density at radius 1 is 1.38 bits per heavy atom. The minimum absolute atomic E-state index is 0.338. The molecule has 1 aromatic heterocycles. The van der Waals surface area contributed by atoms with Gasteiger partial charge in [-0.05, 0) is 12.1 Å². The number of halogens is 5. The first-order valence-corrected chi connectivity index (χ1v) is 5.82. The van der Waals surface area contributed by atoms with Gasteiger partial charge >= 0.3 is 12.1 Å². The SMILES string of the molecule is Cn1cc(C(F)(F)F)nc1-c1c(F)cc(C(=O)O)cc1Cl. The number of alkyl halides is 3. The summed E-state index contributed by atoms with van der Waals surface area (Å²) in [6.45, 7) is 0. The molecule has 0 spiro atoms. The van der Waals surface area contributed by atoms with Crippen molar-refractivity contribution in [3.63, 3.8) is 0 Å². The number of hydrogen-bond acceptors (Lipinski definition) is 2. The van der Waals surface area contributed by atoms with E-state index in [9.17, 15) is 22.4 Å². The van der Waals surface area contributed by atoms with E-state index in [1.54, 1.807) is 0 Å². The predicted molar refractivity (Wildman–Crippen MR) is 65.6 cm³/mol. The molecule has 1 heterocycles. The number of aromatic nitrogens is 2. The van der Waals surface area contributed by atoms with Crippen LogP contribution >= 0.6 is 11.6 Å². The highest BCUT2D eigenvalue weighted by molar-refractivity contribution is 6.33. The number of aromatic carboxylic acids is 1. The summed E-state index contributed by atoms with van der Waals surface area (Å²) in [7, 11) is 1.25. The smallest absolute Gasteiger partial charge is 0.434 e. The van der Waals surface area contributed by atoms with Gasteiger partial charge < -0.3 is 9.67 Å². The normalized spacial score (nSPS) is 11.7. The molecule has 0 radical (unpaired) electrons. The average Bonchev–Trinajstić information content (AvgIpc) is 2.70. The molecule has 0 aliphatic rings. The molecule has 2 rings (SSSR count). The van der Waals surface area contributed by atoms with Crippen molar-refractivity contribution in [2.24, 2.45) is 7.05 Å². The predicted octanol–water partition coefficient (Wildman–Crippen LogP) is 3.60. The molecule has 112 valence electrons. The van der Waals surface area contributed by atoms with E-state index in [1.165, 1.54) is 7.05 Å². The molecule has 0 amide bonds. The van der Waals surface area contributed by atoms with E-state index in [0.717, 1.165) is 10.6 Å². The zero-order chi connectivity index (χ0) is 15.9. The first-order valence-electron chi connectivity index (χ1n) is 5.44. The van der Waals surface area contributed by atoms with Crippen LogP contribution in [0.1, 0.15) is 16.1 Å². The molecule has 1 aromatic carbocycles. The fourth-order valence-corrected chi connectivity index (χ4v) is 2.04. The Hall–Kier alpha value is -2.09. The Labute approximate surface area is 120 Å². The second kappa shape index (κ2) is 5.03. The minimum atomic E-state index is -4.68. The van der Waals surface area contributed by atoms with Crippen molar-refractivity contribution in [3.8, 4) is 11.4 Å². The Kier molecular flexibility index (Phi) is 3.66. The van der Waals surface area contributed by atoms with Crippen LogP contribution in [0.3, 0.4) is 0 Å². The molecule has 0 aliphatic carbocycles. The minimum Gasteiger partial charge on any atom is -0.478 e. The van der Waals surface area contributed by atoms with E-state index in [-0.39, 0.29) is 16.4 Å². The molecule has 0 unspecified atom stereocenters. The van der Waals surface area contributed by atoms with Crippen LogP contribution in [0.25, 0.3) is 11.4 Å². The zero-order valence-corrected chi connectivity index (χ0v) is 11.1. The summed E-state index contributed by atoms with van der Waals surface area (Å²) in [6.07, 6.45) is -3.99. The lowest BCUT2D eigenvalue weighted by molar-refractivity contribution is -0.140. The second-order valence-electron chi connectivity index (χ2n) is 4.18. The van der Waals surface area contributed by atoms with Crippen LogP contribution in [0.5, 0.6) is 0 Å². The fourth-order valence-electron chi connectivity index (χ4n) is 1.75. The zero-order valence-electron chi connectivity index (χ0n) is 10.4. The van der Waals surface area contributed by atoms with Crippen molar-refractivity contribution in [1.29, 1.82) is 0 Å². The third-order valence-electron chi connectivity index (χ3n) is 2.68. The number of carbonyl (C=O) groups is 1. The summed E-state index contributed by atoms with van der Waals surface area (Å²) in [5, 5.41) is 8.43. The number of hydrogen-bond donors (Lipinski definition) is 1. The summed E-state index contributed by atoms with van der Waals surface area (Å²) < 4.78 is 52.7. The highest BCUT2D eigenvalue weighted by Crippen LogP contribution is 2.34. The fraction of sp³-hybridized carbons (Fsp3) is 0.167. The summed E-state index contributed by atoms with van der Waals surface area (Å²) >= 11 is 5.77. The van der Waals surface area contributed by atoms with Gasteiger partial charge in [0.15, 0.2) is 5.69 Å². The standard InChI is InChI=1S/C12H7ClF4N2O2/c1-19-4-8(12(15,16)17)18-10(19)9-6(13)2-5(11(20)21)3-7(9)14/h2-4H,1H3,(H,20,21). The van der Waals surface area contributed by atoms with E-state index >= 15 is 0 Å². The molecule has 9 heteroatoms. The van der Waals surface area contributed by atoms with Crippen LogP contribution in [0.15, 0.2) is 18.3 Å². The van der Waals surface area contributed by atoms with Crippen molar-refractivity contribution in [3.05, 3.63) is 40.4 Å². The molecular formula is C12H7ClF4N2O2. The number of carboxylic acids is 1. The maximum absolute atomic E-state index is 14.0. The largest absolute Gasteiger partial charge is 0.478 e. The van der Waals surface area contributed by atoms with E-state index in [1.807, 2.05) is 0 Å². The van der Waals surface area contributed by atoms with Gasteiger partial charge in [-0.25, -0.2) is 14.2 Å². The average molecular weight is 323 g/mol. The molecule has 0 bridgehead atoms. The number of benzene rings is 1. The maximum atomic E-state index is 14.0. The second-order valence-corrected chi connectivity index (χ2v) is 4.59. The van der Waals surface area contributed by atoms with Crippen LogP contribution < -0.4 is 0 Å². The highest BCUT2D eigenvalue weighted by Gasteiger charge is 2.35. The van der Waals surface area contributed by atoms with Crippen LogP contribution in [-0.4, -0.2) is 20.6 Å². The van der Waals surface area contributed by atoms with E-state index in [0.29, 0.717) is 12.3 Å². The third-order valence-corrected chi connectivity index (χ3v) is 2.98. The Morgan fingerprint density at radius 2 is 2.00 bits per heavy atom. The highest BCUT2D eigenvalue weighted by atomic mass is 35.5. The van der Waals surface area contributed by atoms with Crippen molar-refractivity contribution in [1.82, 2.24) is 9.55 Å². The summed E-state index contributed by atoms with van der Waals surface area (Å²) in [5.74, 6) is -2.82. The molecule has 21 heavy (non-hydrogen) atoms. The van der Waals surface area contributed by atoms with Crippen molar-refractivity contribution in [2.75, 3.05) is 0 Å². The van der Waals surface area contributed by atoms with Crippen LogP contribution in [0.2, 0.25) is 5.02 Å². The monoisotopic (exact) mass is 322 g/mol. The quantitative estimate of drug-likeness (QED) is 0.860. The topological polar surface area (TPSA) is 55.1 Å². The lowest BCUT2D eigenvalue weighted by Gasteiger charge is -2.07. The van der Waals surface area contributed by atoms with Gasteiger partial charge in [0.05, 0.1) is 16.1 Å². The molecule has 0 fully saturated rings. The van der Waals surface area contributed by atoms with Crippen molar-refractivity contribution in [2.45, 2.75) is 6.18 Å². The van der Waals surface area contributed by atoms with Crippen molar-refractivity contribution >= 4 is 17.6 Å². The number of carboxylic acid groups (broad SMARTS) is 1. The van der Waals surface area contributed by atoms with E-state index in [2.05, 4.69) is 4.98 Å². The Balaban J connectivity index is 2.63. The first kappa shape index (κ1) is 15.3. The van der Waals surface area contributed by atoms with E-state index in [4.69, 9.17) is 16.7 Å². The van der Waals surface area contributed by atoms with Gasteiger partial charge in [0.2, 0.25) is 0 Å². The first-order chi connectivity index (χ1) is 9.61. The molecule has 0 saturated carbocycles. The summed E-state index contributed by atoms with van der Waals surface area (Å²) in [4.78, 5) is 14.1. The molecule has 1 N–H and O–H groups in total. The van der Waals surface area contributed by atoms with Gasteiger partial charge in [-0.3, -0.25) is 0 Å². The van der Waals surface area contributed by atoms with Crippen LogP contribution in [0, 0.1) is 5.82 Å². The molecule has 0 aliphatic heterocycles. The lowest BCUT2D eigenvalue weighted by atomic mass is 10.1. The Bertz CT molecular complexity index is 702. The Morgan fingerprint density at radius 3 is 2.43 bits per heavy atom. The van der Waals surface area contributed by atoms with Gasteiger partial charge in [0.25, 0.3) is 0 Å². The molecular weight excluding hydrogens is 316 g/mol. The summed E-state index contributed by atoms with van der Waals surface area (Å²) in [6, 6.07) is 1.62. The van der Waals surface area contributed by atoms with Gasteiger partial charge in [-0.2, -0.15) is 13.2 Å². The van der Waals surface area contributed by atoms with Crippen molar-refractivity contribution < 1.29 is 27.5 Å².